The summed E-state index contributed by atoms with van der Waals surface area (Å²) in [4.78, 5) is 30.2. The molecule has 2 aliphatic rings. The van der Waals surface area contributed by atoms with Gasteiger partial charge in [0.25, 0.3) is 0 Å². The molecule has 2 fully saturated rings. The number of H-pyrrole nitrogens is 1. The van der Waals surface area contributed by atoms with E-state index >= 15 is 0 Å². The summed E-state index contributed by atoms with van der Waals surface area (Å²) in [6.45, 7) is 3.28. The molecule has 0 saturated carbocycles. The molecule has 1 atom stereocenters. The number of halogens is 2. The molecule has 1 unspecified atom stereocenters. The number of nitrogens with one attached hydrogen (secondary N) is 1. The van der Waals surface area contributed by atoms with Crippen LogP contribution in [0.1, 0.15) is 43.5 Å². The Morgan fingerprint density at radius 1 is 1.08 bits per heavy atom. The third-order valence-corrected chi connectivity index (χ3v) is 7.61. The van der Waals surface area contributed by atoms with Crippen LogP contribution in [0.15, 0.2) is 60.8 Å². The second-order valence-electron chi connectivity index (χ2n) is 9.72. The molecule has 4 heterocycles. The predicted molar refractivity (Wildman–Crippen MR) is 135 cm³/mol. The zero-order chi connectivity index (χ0) is 24.9. The number of imidazole rings is 1. The molecular formula is C28H27F2N5O. The second kappa shape index (κ2) is 8.69. The Bertz CT molecular complexity index is 1430. The molecule has 2 aromatic carbocycles. The number of aryl methyl sites for hydroxylation is 1. The average Bonchev–Trinajstić information content (AvgIpc) is 3.32. The highest BCUT2D eigenvalue weighted by Gasteiger charge is 2.62. The molecule has 36 heavy (non-hydrogen) atoms. The Kier molecular flexibility index (Phi) is 5.47. The lowest BCUT2D eigenvalue weighted by Gasteiger charge is -2.58. The van der Waals surface area contributed by atoms with Crippen molar-refractivity contribution in [3.63, 3.8) is 0 Å². The van der Waals surface area contributed by atoms with Gasteiger partial charge in [-0.15, -0.1) is 0 Å². The Balaban J connectivity index is 1.30. The van der Waals surface area contributed by atoms with Gasteiger partial charge in [-0.1, -0.05) is 19.4 Å². The van der Waals surface area contributed by atoms with E-state index in [1.165, 1.54) is 18.2 Å². The van der Waals surface area contributed by atoms with Crippen LogP contribution in [0.25, 0.3) is 11.0 Å². The van der Waals surface area contributed by atoms with Gasteiger partial charge in [-0.2, -0.15) is 0 Å². The first-order chi connectivity index (χ1) is 17.5. The number of fused-ring (bicyclic) bond motifs is 1. The zero-order valence-electron chi connectivity index (χ0n) is 20.0. The fourth-order valence-electron chi connectivity index (χ4n) is 5.77. The van der Waals surface area contributed by atoms with Crippen molar-refractivity contribution >= 4 is 28.6 Å². The molecule has 2 aliphatic heterocycles. The van der Waals surface area contributed by atoms with Crippen LogP contribution in [0.4, 0.5) is 20.4 Å². The number of pyridine rings is 1. The summed E-state index contributed by atoms with van der Waals surface area (Å²) >= 11 is 0. The SMILES string of the molecule is CCCc1cc(N2C(=O)C3(CCN(c4nc5ccc(F)cc5[nH]4)CC3)C2c2ccccn2)ccc1F. The quantitative estimate of drug-likeness (QED) is 0.374. The van der Waals surface area contributed by atoms with Crippen LogP contribution in [0.2, 0.25) is 0 Å². The van der Waals surface area contributed by atoms with Crippen molar-refractivity contribution in [3.8, 4) is 0 Å². The minimum Gasteiger partial charge on any atom is -0.342 e. The van der Waals surface area contributed by atoms with E-state index in [0.717, 1.165) is 12.1 Å². The van der Waals surface area contributed by atoms with Crippen molar-refractivity contribution in [1.29, 1.82) is 0 Å². The van der Waals surface area contributed by atoms with Crippen LogP contribution in [0.3, 0.4) is 0 Å². The Hall–Kier alpha value is -3.81. The van der Waals surface area contributed by atoms with E-state index < -0.39 is 5.41 Å². The molecular weight excluding hydrogens is 460 g/mol. The van der Waals surface area contributed by atoms with E-state index in [1.54, 1.807) is 23.2 Å². The first-order valence-corrected chi connectivity index (χ1v) is 12.4. The molecule has 1 N–H and O–H groups in total. The molecule has 1 spiro atoms. The zero-order valence-corrected chi connectivity index (χ0v) is 20.0. The third-order valence-electron chi connectivity index (χ3n) is 7.61. The lowest BCUT2D eigenvalue weighted by molar-refractivity contribution is -0.142. The van der Waals surface area contributed by atoms with Crippen molar-refractivity contribution in [1.82, 2.24) is 15.0 Å². The van der Waals surface area contributed by atoms with Gasteiger partial charge in [0.1, 0.15) is 11.6 Å². The molecule has 6 nitrogen and oxygen atoms in total. The van der Waals surface area contributed by atoms with E-state index in [2.05, 4.69) is 19.9 Å². The second-order valence-corrected chi connectivity index (χ2v) is 9.72. The number of carbonyl (C=O) groups excluding carboxylic acids is 1. The van der Waals surface area contributed by atoms with E-state index in [1.807, 2.05) is 31.2 Å². The first kappa shape index (κ1) is 22.6. The highest BCUT2D eigenvalue weighted by molar-refractivity contribution is 6.06. The van der Waals surface area contributed by atoms with E-state index in [4.69, 9.17) is 0 Å². The summed E-state index contributed by atoms with van der Waals surface area (Å²) in [5.41, 5.74) is 2.96. The highest BCUT2D eigenvalue weighted by Crippen LogP contribution is 2.57. The maximum atomic E-state index is 14.4. The summed E-state index contributed by atoms with van der Waals surface area (Å²) < 4.78 is 28.0. The van der Waals surface area contributed by atoms with Gasteiger partial charge >= 0.3 is 0 Å². The number of piperidine rings is 1. The topological polar surface area (TPSA) is 65.1 Å². The van der Waals surface area contributed by atoms with E-state index in [-0.39, 0.29) is 23.6 Å². The van der Waals surface area contributed by atoms with Gasteiger partial charge < -0.3 is 14.8 Å². The molecule has 2 saturated heterocycles. The van der Waals surface area contributed by atoms with Crippen LogP contribution in [-0.2, 0) is 11.2 Å². The normalized spacial score (nSPS) is 19.2. The van der Waals surface area contributed by atoms with Gasteiger partial charge in [-0.25, -0.2) is 13.8 Å². The minimum absolute atomic E-state index is 0.0542. The molecule has 2 aromatic heterocycles. The number of β-lactam (4-membered cyclic amide) rings is 1. The largest absolute Gasteiger partial charge is 0.342 e. The fourth-order valence-corrected chi connectivity index (χ4v) is 5.77. The number of benzene rings is 2. The van der Waals surface area contributed by atoms with Gasteiger partial charge in [-0.05, 0) is 73.4 Å². The average molecular weight is 488 g/mol. The monoisotopic (exact) mass is 487 g/mol. The maximum Gasteiger partial charge on any atom is 0.236 e. The van der Waals surface area contributed by atoms with Crippen LogP contribution in [0, 0.1) is 17.0 Å². The summed E-state index contributed by atoms with van der Waals surface area (Å²) in [5.74, 6) is 0.193. The number of amides is 1. The van der Waals surface area contributed by atoms with Crippen LogP contribution in [-0.4, -0.2) is 33.9 Å². The lowest BCUT2D eigenvalue weighted by Crippen LogP contribution is -2.67. The lowest BCUT2D eigenvalue weighted by atomic mass is 9.63. The van der Waals surface area contributed by atoms with Crippen LogP contribution < -0.4 is 9.80 Å². The van der Waals surface area contributed by atoms with Crippen molar-refractivity contribution in [3.05, 3.63) is 83.7 Å². The fraction of sp³-hybridized carbons (Fsp3) is 0.321. The Labute approximate surface area is 208 Å². The highest BCUT2D eigenvalue weighted by atomic mass is 19.1. The number of nitrogens with zero attached hydrogens (tertiary/aromatic N) is 4. The number of hydrogen-bond donors (Lipinski definition) is 1. The van der Waals surface area contributed by atoms with Gasteiger partial charge in [0.05, 0.1) is 28.2 Å². The summed E-state index contributed by atoms with van der Waals surface area (Å²) in [6.07, 6.45) is 4.47. The van der Waals surface area contributed by atoms with Gasteiger partial charge in [0.2, 0.25) is 11.9 Å². The number of aromatic amines is 1. The molecule has 0 aliphatic carbocycles. The number of anilines is 2. The summed E-state index contributed by atoms with van der Waals surface area (Å²) in [7, 11) is 0. The number of hydrogen-bond acceptors (Lipinski definition) is 4. The number of aromatic nitrogens is 3. The number of rotatable bonds is 5. The molecule has 1 amide bonds. The molecule has 184 valence electrons. The summed E-state index contributed by atoms with van der Waals surface area (Å²) in [5, 5.41) is 0. The maximum absolute atomic E-state index is 14.4. The smallest absolute Gasteiger partial charge is 0.236 e. The Morgan fingerprint density at radius 3 is 2.67 bits per heavy atom. The van der Waals surface area contributed by atoms with E-state index in [9.17, 15) is 13.6 Å². The minimum atomic E-state index is -0.581. The van der Waals surface area contributed by atoms with Gasteiger partial charge in [-0.3, -0.25) is 9.78 Å². The van der Waals surface area contributed by atoms with Crippen LogP contribution >= 0.6 is 0 Å². The van der Waals surface area contributed by atoms with E-state index in [0.29, 0.717) is 60.6 Å². The molecule has 6 rings (SSSR count). The molecule has 8 heteroatoms. The summed E-state index contributed by atoms with van der Waals surface area (Å²) in [6, 6.07) is 15.0. The van der Waals surface area contributed by atoms with Gasteiger partial charge in [0, 0.05) is 25.0 Å². The first-order valence-electron chi connectivity index (χ1n) is 12.4. The van der Waals surface area contributed by atoms with Crippen molar-refractivity contribution in [2.45, 2.75) is 38.6 Å². The Morgan fingerprint density at radius 2 is 1.92 bits per heavy atom. The van der Waals surface area contributed by atoms with Crippen molar-refractivity contribution in [2.24, 2.45) is 5.41 Å². The predicted octanol–water partition coefficient (Wildman–Crippen LogP) is 5.56. The molecule has 4 aromatic rings. The third kappa shape index (κ3) is 3.54. The van der Waals surface area contributed by atoms with Crippen molar-refractivity contribution in [2.75, 3.05) is 22.9 Å². The molecule has 0 radical (unpaired) electrons. The molecule has 0 bridgehead atoms. The van der Waals surface area contributed by atoms with Gasteiger partial charge in [0.15, 0.2) is 0 Å². The number of carbonyl (C=O) groups is 1. The van der Waals surface area contributed by atoms with Crippen molar-refractivity contribution < 1.29 is 13.6 Å². The standard InChI is InChI=1S/C28H27F2N5O/c1-2-5-18-16-20(8-9-21(18)30)35-25(23-6-3-4-13-31-23)28(26(35)36)11-14-34(15-12-28)27-32-22-10-7-19(29)17-24(22)33-27/h3-4,6-10,13,16-17,25H,2,5,11-12,14-15H2,1H3,(H,32,33). The van der Waals surface area contributed by atoms with Crippen LogP contribution in [0.5, 0.6) is 0 Å².